The molecule has 0 fully saturated rings. The first-order valence-electron chi connectivity index (χ1n) is 8.10. The summed E-state index contributed by atoms with van der Waals surface area (Å²) >= 11 is 0. The highest BCUT2D eigenvalue weighted by molar-refractivity contribution is 5.91. The van der Waals surface area contributed by atoms with Crippen LogP contribution in [0, 0.1) is 0 Å². The molecule has 0 bridgehead atoms. The molecule has 0 radical (unpaired) electrons. The molecule has 7 heteroatoms. The third-order valence-electron chi connectivity index (χ3n) is 4.06. The minimum atomic E-state index is -1.09. The van der Waals surface area contributed by atoms with E-state index in [4.69, 9.17) is 14.2 Å². The lowest BCUT2D eigenvalue weighted by molar-refractivity contribution is -0.133. The maximum atomic E-state index is 12.5. The number of aromatic carboxylic acids is 1. The van der Waals surface area contributed by atoms with Crippen molar-refractivity contribution in [1.82, 2.24) is 5.32 Å². The molecule has 26 heavy (non-hydrogen) atoms. The van der Waals surface area contributed by atoms with Gasteiger partial charge in [-0.1, -0.05) is 18.2 Å². The number of methoxy groups -OCH3 is 1. The molecular weight excluding hydrogens is 338 g/mol. The average Bonchev–Trinajstić information content (AvgIpc) is 2.65. The Bertz CT molecular complexity index is 835. The first-order valence-corrected chi connectivity index (χ1v) is 8.10. The maximum Gasteiger partial charge on any atom is 0.339 e. The molecule has 2 atom stereocenters. The van der Waals surface area contributed by atoms with E-state index in [9.17, 15) is 14.7 Å². The molecule has 1 heterocycles. The second-order valence-electron chi connectivity index (χ2n) is 5.87. The van der Waals surface area contributed by atoms with E-state index in [-0.39, 0.29) is 23.8 Å². The molecule has 2 aromatic carbocycles. The molecule has 7 nitrogen and oxygen atoms in total. The highest BCUT2D eigenvalue weighted by Crippen LogP contribution is 2.33. The van der Waals surface area contributed by atoms with Crippen molar-refractivity contribution in [2.24, 2.45) is 0 Å². The summed E-state index contributed by atoms with van der Waals surface area (Å²) in [7, 11) is 1.41. The van der Waals surface area contributed by atoms with Crippen LogP contribution in [0.2, 0.25) is 0 Å². The molecule has 0 saturated heterocycles. The van der Waals surface area contributed by atoms with Crippen molar-refractivity contribution in [2.75, 3.05) is 7.11 Å². The van der Waals surface area contributed by atoms with Crippen molar-refractivity contribution in [1.29, 1.82) is 0 Å². The van der Waals surface area contributed by atoms with E-state index < -0.39 is 18.2 Å². The van der Waals surface area contributed by atoms with Crippen LogP contribution in [0.5, 0.6) is 17.2 Å². The van der Waals surface area contributed by atoms with Crippen molar-refractivity contribution >= 4 is 11.9 Å². The Hall–Kier alpha value is -3.22. The second-order valence-corrected chi connectivity index (χ2v) is 5.87. The molecule has 0 saturated carbocycles. The Kier molecular flexibility index (Phi) is 4.97. The molecule has 0 unspecified atom stereocenters. The van der Waals surface area contributed by atoms with Gasteiger partial charge >= 0.3 is 5.97 Å². The first-order chi connectivity index (χ1) is 12.5. The number of para-hydroxylation sites is 2. The van der Waals surface area contributed by atoms with Gasteiger partial charge in [-0.2, -0.15) is 0 Å². The number of carbonyl (C=O) groups is 2. The fourth-order valence-electron chi connectivity index (χ4n) is 2.73. The van der Waals surface area contributed by atoms with E-state index in [1.165, 1.54) is 13.2 Å². The van der Waals surface area contributed by atoms with Crippen LogP contribution in [0.1, 0.15) is 22.8 Å². The molecule has 0 aromatic heterocycles. The van der Waals surface area contributed by atoms with Gasteiger partial charge in [0.2, 0.25) is 6.10 Å². The molecule has 0 spiro atoms. The summed E-state index contributed by atoms with van der Waals surface area (Å²) in [4.78, 5) is 23.8. The number of carboxylic acids is 1. The minimum absolute atomic E-state index is 0.0406. The van der Waals surface area contributed by atoms with Crippen LogP contribution in [0.15, 0.2) is 42.5 Å². The van der Waals surface area contributed by atoms with Crippen LogP contribution in [0.4, 0.5) is 0 Å². The van der Waals surface area contributed by atoms with Gasteiger partial charge in [-0.25, -0.2) is 4.79 Å². The number of carboxylic acid groups (broad SMARTS) is 1. The van der Waals surface area contributed by atoms with E-state index in [1.807, 2.05) is 6.07 Å². The number of benzene rings is 2. The number of amides is 1. The van der Waals surface area contributed by atoms with Crippen molar-refractivity contribution in [3.05, 3.63) is 53.6 Å². The molecule has 1 aliphatic heterocycles. The molecule has 136 valence electrons. The van der Waals surface area contributed by atoms with Gasteiger partial charge in [0, 0.05) is 6.54 Å². The number of rotatable bonds is 5. The van der Waals surface area contributed by atoms with E-state index in [2.05, 4.69) is 5.32 Å². The number of nitrogens with one attached hydrogen (secondary N) is 1. The SMILES string of the molecule is COc1ccc(CNC(=O)[C@H]2Oc3ccccc3O[C@@H]2C)cc1C(=O)O. The summed E-state index contributed by atoms with van der Waals surface area (Å²) < 4.78 is 16.5. The van der Waals surface area contributed by atoms with E-state index in [0.29, 0.717) is 17.1 Å². The average molecular weight is 357 g/mol. The number of carbonyl (C=O) groups excluding carboxylic acids is 1. The maximum absolute atomic E-state index is 12.5. The largest absolute Gasteiger partial charge is 0.496 e. The molecule has 0 aliphatic carbocycles. The Morgan fingerprint density at radius 3 is 2.50 bits per heavy atom. The quantitative estimate of drug-likeness (QED) is 0.852. The zero-order valence-electron chi connectivity index (χ0n) is 14.4. The summed E-state index contributed by atoms with van der Waals surface area (Å²) in [6, 6.07) is 11.9. The standard InChI is InChI=1S/C19H19NO6/c1-11-17(26-16-6-4-3-5-15(16)25-11)18(21)20-10-12-7-8-14(24-2)13(9-12)19(22)23/h3-9,11,17H,10H2,1-2H3,(H,20,21)(H,22,23)/t11-,17+/m1/s1. The third-order valence-corrected chi connectivity index (χ3v) is 4.06. The van der Waals surface area contributed by atoms with Gasteiger partial charge in [0.15, 0.2) is 11.5 Å². The van der Waals surface area contributed by atoms with Gasteiger partial charge in [-0.15, -0.1) is 0 Å². The summed E-state index contributed by atoms with van der Waals surface area (Å²) in [5, 5.41) is 12.0. The fourth-order valence-corrected chi connectivity index (χ4v) is 2.73. The van der Waals surface area contributed by atoms with Gasteiger partial charge in [0.1, 0.15) is 17.4 Å². The highest BCUT2D eigenvalue weighted by atomic mass is 16.6. The van der Waals surface area contributed by atoms with Crippen LogP contribution in [-0.2, 0) is 11.3 Å². The Morgan fingerprint density at radius 1 is 1.15 bits per heavy atom. The van der Waals surface area contributed by atoms with E-state index in [0.717, 1.165) is 0 Å². The smallest absolute Gasteiger partial charge is 0.339 e. The summed E-state index contributed by atoms with van der Waals surface area (Å²) in [5.74, 6) is -0.0422. The summed E-state index contributed by atoms with van der Waals surface area (Å²) in [6.45, 7) is 1.92. The molecule has 2 aromatic rings. The zero-order valence-corrected chi connectivity index (χ0v) is 14.4. The van der Waals surface area contributed by atoms with Crippen LogP contribution in [0.3, 0.4) is 0 Å². The van der Waals surface area contributed by atoms with Crippen LogP contribution in [0.25, 0.3) is 0 Å². The predicted octanol–water partition coefficient (Wildman–Crippen LogP) is 2.24. The van der Waals surface area contributed by atoms with Crippen LogP contribution < -0.4 is 19.5 Å². The molecule has 1 amide bonds. The first kappa shape index (κ1) is 17.6. The number of hydrogen-bond acceptors (Lipinski definition) is 5. The van der Waals surface area contributed by atoms with Crippen LogP contribution >= 0.6 is 0 Å². The highest BCUT2D eigenvalue weighted by Gasteiger charge is 2.33. The van der Waals surface area contributed by atoms with E-state index in [1.54, 1.807) is 37.3 Å². The Balaban J connectivity index is 1.68. The van der Waals surface area contributed by atoms with Crippen molar-refractivity contribution in [2.45, 2.75) is 25.7 Å². The normalized spacial score (nSPS) is 18.1. The van der Waals surface area contributed by atoms with Gasteiger partial charge in [0.05, 0.1) is 7.11 Å². The molecule has 1 aliphatic rings. The van der Waals surface area contributed by atoms with Crippen LogP contribution in [-0.4, -0.2) is 36.3 Å². The minimum Gasteiger partial charge on any atom is -0.496 e. The van der Waals surface area contributed by atoms with E-state index >= 15 is 0 Å². The summed E-state index contributed by atoms with van der Waals surface area (Å²) in [5.41, 5.74) is 0.681. The second kappa shape index (κ2) is 7.35. The third kappa shape index (κ3) is 3.56. The van der Waals surface area contributed by atoms with Gasteiger partial charge < -0.3 is 24.6 Å². The topological polar surface area (TPSA) is 94.1 Å². The number of fused-ring (bicyclic) bond motifs is 1. The van der Waals surface area contributed by atoms with Crippen molar-refractivity contribution in [3.63, 3.8) is 0 Å². The monoisotopic (exact) mass is 357 g/mol. The molecule has 3 rings (SSSR count). The lowest BCUT2D eigenvalue weighted by atomic mass is 10.1. The lowest BCUT2D eigenvalue weighted by Gasteiger charge is -2.31. The fraction of sp³-hybridized carbons (Fsp3) is 0.263. The van der Waals surface area contributed by atoms with Gasteiger partial charge in [-0.05, 0) is 36.8 Å². The Labute approximate surface area is 150 Å². The van der Waals surface area contributed by atoms with Crippen molar-refractivity contribution in [3.8, 4) is 17.2 Å². The lowest BCUT2D eigenvalue weighted by Crippen LogP contribution is -2.48. The molecular formula is C19H19NO6. The van der Waals surface area contributed by atoms with Gasteiger partial charge in [-0.3, -0.25) is 4.79 Å². The zero-order chi connectivity index (χ0) is 18.7. The predicted molar refractivity (Wildman–Crippen MR) is 92.7 cm³/mol. The molecule has 2 N–H and O–H groups in total. The van der Waals surface area contributed by atoms with Crippen molar-refractivity contribution < 1.29 is 28.9 Å². The number of hydrogen-bond donors (Lipinski definition) is 2. The van der Waals surface area contributed by atoms with Gasteiger partial charge in [0.25, 0.3) is 5.91 Å². The number of ether oxygens (including phenoxy) is 3. The Morgan fingerprint density at radius 2 is 1.85 bits per heavy atom. The summed E-state index contributed by atoms with van der Waals surface area (Å²) in [6.07, 6.45) is -1.24.